The third-order valence-corrected chi connectivity index (χ3v) is 3.54. The molecule has 0 unspecified atom stereocenters. The van der Waals surface area contributed by atoms with E-state index in [1.54, 1.807) is 0 Å². The summed E-state index contributed by atoms with van der Waals surface area (Å²) in [6, 6.07) is 6.08. The van der Waals surface area contributed by atoms with Crippen molar-refractivity contribution >= 4 is 33.2 Å². The number of likely N-dealkylation sites (N-methyl/N-ethyl adjacent to an activating group) is 1. The van der Waals surface area contributed by atoms with Crippen molar-refractivity contribution in [3.8, 4) is 0 Å². The summed E-state index contributed by atoms with van der Waals surface area (Å²) in [5, 5.41) is 0. The number of halogens is 1. The van der Waals surface area contributed by atoms with Crippen molar-refractivity contribution < 1.29 is 4.79 Å². The first-order valence-electron chi connectivity index (χ1n) is 5.94. The second-order valence-corrected chi connectivity index (χ2v) is 5.30. The van der Waals surface area contributed by atoms with Crippen LogP contribution in [0.3, 0.4) is 0 Å². The van der Waals surface area contributed by atoms with Gasteiger partial charge in [0.2, 0.25) is 5.91 Å². The van der Waals surface area contributed by atoms with Gasteiger partial charge in [0, 0.05) is 18.1 Å². The van der Waals surface area contributed by atoms with E-state index in [0.717, 1.165) is 35.2 Å². The maximum atomic E-state index is 12.0. The van der Waals surface area contributed by atoms with Crippen LogP contribution in [-0.2, 0) is 4.79 Å². The van der Waals surface area contributed by atoms with Gasteiger partial charge in [-0.1, -0.05) is 29.3 Å². The van der Waals surface area contributed by atoms with Gasteiger partial charge in [-0.25, -0.2) is 0 Å². The number of rotatable bonds is 3. The zero-order chi connectivity index (χ0) is 12.4. The van der Waals surface area contributed by atoms with E-state index in [1.807, 2.05) is 29.0 Å². The van der Waals surface area contributed by atoms with E-state index in [1.165, 1.54) is 0 Å². The fourth-order valence-corrected chi connectivity index (χ4v) is 2.45. The SMILES string of the molecule is CCCCN1C(=O)CN(C)c2cc(Br)ccc21. The number of anilines is 2. The number of carbonyl (C=O) groups is 1. The molecule has 1 aliphatic heterocycles. The molecule has 4 heteroatoms. The van der Waals surface area contributed by atoms with Gasteiger partial charge in [0.15, 0.2) is 0 Å². The standard InChI is InChI=1S/C13H17BrN2O/c1-3-4-7-16-11-6-5-10(14)8-12(11)15(2)9-13(16)17/h5-6,8H,3-4,7,9H2,1-2H3. The molecule has 1 aromatic carbocycles. The van der Waals surface area contributed by atoms with Gasteiger partial charge in [-0.2, -0.15) is 0 Å². The molecular weight excluding hydrogens is 280 g/mol. The summed E-state index contributed by atoms with van der Waals surface area (Å²) in [6.07, 6.45) is 2.15. The molecule has 1 aromatic rings. The lowest BCUT2D eigenvalue weighted by molar-refractivity contribution is -0.117. The lowest BCUT2D eigenvalue weighted by Crippen LogP contribution is -2.44. The van der Waals surface area contributed by atoms with Gasteiger partial charge < -0.3 is 9.80 Å². The summed E-state index contributed by atoms with van der Waals surface area (Å²) in [6.45, 7) is 3.42. The molecule has 17 heavy (non-hydrogen) atoms. The number of amides is 1. The number of nitrogens with zero attached hydrogens (tertiary/aromatic N) is 2. The third-order valence-electron chi connectivity index (χ3n) is 3.05. The Morgan fingerprint density at radius 3 is 2.82 bits per heavy atom. The zero-order valence-electron chi connectivity index (χ0n) is 10.2. The van der Waals surface area contributed by atoms with E-state index in [4.69, 9.17) is 0 Å². The van der Waals surface area contributed by atoms with E-state index in [2.05, 4.69) is 28.9 Å². The van der Waals surface area contributed by atoms with E-state index in [0.29, 0.717) is 6.54 Å². The minimum atomic E-state index is 0.191. The van der Waals surface area contributed by atoms with E-state index in [9.17, 15) is 4.79 Å². The fourth-order valence-electron chi connectivity index (χ4n) is 2.10. The van der Waals surface area contributed by atoms with Crippen molar-refractivity contribution in [1.29, 1.82) is 0 Å². The van der Waals surface area contributed by atoms with Crippen molar-refractivity contribution in [1.82, 2.24) is 0 Å². The van der Waals surface area contributed by atoms with Gasteiger partial charge in [0.1, 0.15) is 0 Å². The molecule has 0 aliphatic carbocycles. The highest BCUT2D eigenvalue weighted by Gasteiger charge is 2.26. The quantitative estimate of drug-likeness (QED) is 0.856. The van der Waals surface area contributed by atoms with Crippen LogP contribution in [0, 0.1) is 0 Å². The second-order valence-electron chi connectivity index (χ2n) is 4.39. The largest absolute Gasteiger partial charge is 0.364 e. The summed E-state index contributed by atoms with van der Waals surface area (Å²) in [5.74, 6) is 0.191. The molecule has 1 heterocycles. The molecule has 0 bridgehead atoms. The summed E-state index contributed by atoms with van der Waals surface area (Å²) in [4.78, 5) is 15.9. The lowest BCUT2D eigenvalue weighted by Gasteiger charge is -2.35. The summed E-state index contributed by atoms with van der Waals surface area (Å²) in [7, 11) is 1.96. The monoisotopic (exact) mass is 296 g/mol. The van der Waals surface area contributed by atoms with Gasteiger partial charge in [-0.05, 0) is 24.6 Å². The molecule has 0 saturated heterocycles. The van der Waals surface area contributed by atoms with Crippen LogP contribution in [0.15, 0.2) is 22.7 Å². The molecule has 0 aromatic heterocycles. The molecule has 0 fully saturated rings. The summed E-state index contributed by atoms with van der Waals surface area (Å²) < 4.78 is 1.05. The van der Waals surface area contributed by atoms with Gasteiger partial charge >= 0.3 is 0 Å². The molecule has 0 radical (unpaired) electrons. The smallest absolute Gasteiger partial charge is 0.246 e. The molecule has 3 nitrogen and oxygen atoms in total. The molecule has 92 valence electrons. The fraction of sp³-hybridized carbons (Fsp3) is 0.462. The highest BCUT2D eigenvalue weighted by Crippen LogP contribution is 2.35. The Labute approximate surface area is 111 Å². The van der Waals surface area contributed by atoms with Gasteiger partial charge in [-0.15, -0.1) is 0 Å². The maximum absolute atomic E-state index is 12.0. The zero-order valence-corrected chi connectivity index (χ0v) is 11.8. The average Bonchev–Trinajstić information content (AvgIpc) is 2.29. The first-order chi connectivity index (χ1) is 8.13. The molecule has 2 rings (SSSR count). The van der Waals surface area contributed by atoms with E-state index >= 15 is 0 Å². The van der Waals surface area contributed by atoms with Crippen molar-refractivity contribution in [2.24, 2.45) is 0 Å². The van der Waals surface area contributed by atoms with Crippen LogP contribution in [0.4, 0.5) is 11.4 Å². The predicted molar refractivity (Wildman–Crippen MR) is 74.7 cm³/mol. The van der Waals surface area contributed by atoms with Gasteiger partial charge in [0.25, 0.3) is 0 Å². The second kappa shape index (κ2) is 5.08. The first-order valence-corrected chi connectivity index (χ1v) is 6.74. The van der Waals surface area contributed by atoms with Crippen LogP contribution in [0.25, 0.3) is 0 Å². The van der Waals surface area contributed by atoms with Crippen LogP contribution in [0.2, 0.25) is 0 Å². The summed E-state index contributed by atoms with van der Waals surface area (Å²) >= 11 is 3.48. The van der Waals surface area contributed by atoms with Crippen LogP contribution >= 0.6 is 15.9 Å². The molecular formula is C13H17BrN2O. The number of benzene rings is 1. The minimum absolute atomic E-state index is 0.191. The molecule has 0 spiro atoms. The maximum Gasteiger partial charge on any atom is 0.246 e. The number of hydrogen-bond acceptors (Lipinski definition) is 2. The number of carbonyl (C=O) groups excluding carboxylic acids is 1. The normalized spacial score (nSPS) is 15.1. The van der Waals surface area contributed by atoms with E-state index in [-0.39, 0.29) is 5.91 Å². The number of fused-ring (bicyclic) bond motifs is 1. The summed E-state index contributed by atoms with van der Waals surface area (Å²) in [5.41, 5.74) is 2.15. The Morgan fingerprint density at radius 1 is 1.35 bits per heavy atom. The van der Waals surface area contributed by atoms with Gasteiger partial charge in [0.05, 0.1) is 17.9 Å². The minimum Gasteiger partial charge on any atom is -0.364 e. The highest BCUT2D eigenvalue weighted by atomic mass is 79.9. The van der Waals surface area contributed by atoms with Crippen LogP contribution < -0.4 is 9.80 Å². The lowest BCUT2D eigenvalue weighted by atomic mass is 10.1. The van der Waals surface area contributed by atoms with Crippen molar-refractivity contribution in [3.05, 3.63) is 22.7 Å². The Bertz CT molecular complexity index is 433. The number of hydrogen-bond donors (Lipinski definition) is 0. The Morgan fingerprint density at radius 2 is 2.12 bits per heavy atom. The Kier molecular flexibility index (Phi) is 3.72. The first kappa shape index (κ1) is 12.4. The van der Waals surface area contributed by atoms with Crippen LogP contribution in [-0.4, -0.2) is 26.0 Å². The molecule has 0 N–H and O–H groups in total. The Hall–Kier alpha value is -1.03. The van der Waals surface area contributed by atoms with E-state index < -0.39 is 0 Å². The van der Waals surface area contributed by atoms with Crippen molar-refractivity contribution in [2.45, 2.75) is 19.8 Å². The number of unbranched alkanes of at least 4 members (excludes halogenated alkanes) is 1. The van der Waals surface area contributed by atoms with Crippen molar-refractivity contribution in [2.75, 3.05) is 29.9 Å². The average molecular weight is 297 g/mol. The van der Waals surface area contributed by atoms with Gasteiger partial charge in [-0.3, -0.25) is 4.79 Å². The molecule has 1 amide bonds. The Balaban J connectivity index is 2.36. The molecule has 0 atom stereocenters. The van der Waals surface area contributed by atoms with Crippen LogP contribution in [0.1, 0.15) is 19.8 Å². The predicted octanol–water partition coefficient (Wildman–Crippen LogP) is 3.03. The molecule has 0 saturated carbocycles. The van der Waals surface area contributed by atoms with Crippen LogP contribution in [0.5, 0.6) is 0 Å². The topological polar surface area (TPSA) is 23.6 Å². The molecule has 1 aliphatic rings. The third kappa shape index (κ3) is 2.46. The highest BCUT2D eigenvalue weighted by molar-refractivity contribution is 9.10. The van der Waals surface area contributed by atoms with Crippen molar-refractivity contribution in [3.63, 3.8) is 0 Å².